The van der Waals surface area contributed by atoms with E-state index in [0.717, 1.165) is 59.5 Å². The molecule has 0 spiro atoms. The molecule has 1 aliphatic carbocycles. The molecule has 1 saturated heterocycles. The molecule has 6 rings (SSSR count). The zero-order valence-corrected chi connectivity index (χ0v) is 26.0. The molecule has 1 atom stereocenters. The highest BCUT2D eigenvalue weighted by molar-refractivity contribution is 6.36. The Hall–Kier alpha value is -3.94. The Bertz CT molecular complexity index is 1630. The van der Waals surface area contributed by atoms with E-state index in [0.29, 0.717) is 43.7 Å². The molecule has 3 heterocycles. The number of aromatic nitrogens is 2. The molecule has 1 amide bonds. The van der Waals surface area contributed by atoms with E-state index in [1.54, 1.807) is 0 Å². The third-order valence-electron chi connectivity index (χ3n) is 8.91. The second-order valence-corrected chi connectivity index (χ2v) is 12.8. The zero-order valence-electron chi connectivity index (χ0n) is 25.2. The van der Waals surface area contributed by atoms with Crippen LogP contribution < -0.4 is 14.5 Å². The number of ether oxygens (including phenoxy) is 1. The van der Waals surface area contributed by atoms with Crippen LogP contribution in [0, 0.1) is 16.7 Å². The molecule has 9 nitrogen and oxygen atoms in total. The van der Waals surface area contributed by atoms with Crippen LogP contribution in [0.2, 0.25) is 5.02 Å². The first-order valence-electron chi connectivity index (χ1n) is 15.0. The molecule has 44 heavy (non-hydrogen) atoms. The fourth-order valence-corrected chi connectivity index (χ4v) is 6.90. The van der Waals surface area contributed by atoms with Crippen molar-refractivity contribution in [3.05, 3.63) is 65.1 Å². The second kappa shape index (κ2) is 12.2. The Morgan fingerprint density at radius 1 is 1.18 bits per heavy atom. The molecule has 3 aliphatic rings. The summed E-state index contributed by atoms with van der Waals surface area (Å²) in [7, 11) is 4.14. The molecule has 0 unspecified atom stereocenters. The van der Waals surface area contributed by atoms with Crippen LogP contribution in [0.25, 0.3) is 10.8 Å². The van der Waals surface area contributed by atoms with Crippen molar-refractivity contribution in [1.29, 1.82) is 5.26 Å². The van der Waals surface area contributed by atoms with Gasteiger partial charge in [-0.25, -0.2) is 4.39 Å². The summed E-state index contributed by atoms with van der Waals surface area (Å²) in [5.74, 6) is -1.03. The van der Waals surface area contributed by atoms with Crippen molar-refractivity contribution in [2.24, 2.45) is 5.41 Å². The van der Waals surface area contributed by atoms with Gasteiger partial charge in [0.05, 0.1) is 42.4 Å². The van der Waals surface area contributed by atoms with Crippen LogP contribution >= 0.6 is 11.6 Å². The van der Waals surface area contributed by atoms with Crippen molar-refractivity contribution in [3.8, 4) is 12.1 Å². The predicted octanol–water partition coefficient (Wildman–Crippen LogP) is 4.98. The Morgan fingerprint density at radius 3 is 2.66 bits per heavy atom. The molecule has 0 radical (unpaired) electrons. The summed E-state index contributed by atoms with van der Waals surface area (Å²) in [5, 5.41) is 12.3. The van der Waals surface area contributed by atoms with Gasteiger partial charge in [0.1, 0.15) is 5.82 Å². The molecule has 2 fully saturated rings. The van der Waals surface area contributed by atoms with Crippen molar-refractivity contribution in [1.82, 2.24) is 19.8 Å². The number of halogens is 2. The molecule has 1 aromatic heterocycles. The van der Waals surface area contributed by atoms with Crippen LogP contribution in [0.4, 0.5) is 15.9 Å². The summed E-state index contributed by atoms with van der Waals surface area (Å²) in [4.78, 5) is 30.4. The largest absolute Gasteiger partial charge is 0.463 e. The number of rotatable bonds is 9. The maximum absolute atomic E-state index is 13.8. The first kappa shape index (κ1) is 30.1. The number of nitrogens with zero attached hydrogens (tertiary/aromatic N) is 7. The van der Waals surface area contributed by atoms with Crippen LogP contribution in [0.3, 0.4) is 0 Å². The normalized spacial score (nSPS) is 19.1. The summed E-state index contributed by atoms with van der Waals surface area (Å²) in [6.07, 6.45) is 2.98. The molecule has 3 aromatic rings. The first-order valence-corrected chi connectivity index (χ1v) is 15.4. The summed E-state index contributed by atoms with van der Waals surface area (Å²) in [6.45, 7) is 6.99. The smallest absolute Gasteiger partial charge is 0.318 e. The lowest BCUT2D eigenvalue weighted by Gasteiger charge is -2.42. The van der Waals surface area contributed by atoms with Crippen LogP contribution in [-0.4, -0.2) is 85.1 Å². The van der Waals surface area contributed by atoms with Gasteiger partial charge in [0.2, 0.25) is 0 Å². The fraction of sp³-hybridized carbons (Fsp3) is 0.455. The number of piperazine rings is 1. The van der Waals surface area contributed by atoms with Crippen LogP contribution in [0.5, 0.6) is 6.01 Å². The van der Waals surface area contributed by atoms with E-state index in [4.69, 9.17) is 26.3 Å². The number of hydrogen-bond donors (Lipinski definition) is 0. The second-order valence-electron chi connectivity index (χ2n) is 12.4. The third kappa shape index (κ3) is 6.04. The van der Waals surface area contributed by atoms with Crippen molar-refractivity contribution < 1.29 is 13.9 Å². The molecule has 1 saturated carbocycles. The summed E-state index contributed by atoms with van der Waals surface area (Å²) >= 11 is 6.69. The van der Waals surface area contributed by atoms with E-state index in [1.807, 2.05) is 18.2 Å². The average Bonchev–Trinajstić information content (AvgIpc) is 3.77. The first-order chi connectivity index (χ1) is 21.2. The lowest BCUT2D eigenvalue weighted by molar-refractivity contribution is -0.131. The number of benzene rings is 2. The topological polar surface area (TPSA) is 88.8 Å². The van der Waals surface area contributed by atoms with E-state index in [9.17, 15) is 14.4 Å². The minimum absolute atomic E-state index is 0.0782. The standard InChI is InChI=1S/C33H37ClFN7O2/c1-22(35)31(43)42-17-16-41(18-24(42)10-14-36)30-25-11-15-40(28-9-5-7-23-6-4-8-26(34)29(23)28)19-27(25)37-32(38-30)44-21-33(12-13-33)20-39(2)3/h4-9,24H,1,10-13,15-21H2,2-3H3/t24-/m0/s1. The predicted molar refractivity (Wildman–Crippen MR) is 170 cm³/mol. The van der Waals surface area contributed by atoms with Crippen molar-refractivity contribution in [2.45, 2.75) is 38.3 Å². The molecular formula is C33H37ClFN7O2. The summed E-state index contributed by atoms with van der Waals surface area (Å²) in [5.41, 5.74) is 3.06. The lowest BCUT2D eigenvalue weighted by Crippen LogP contribution is -2.55. The van der Waals surface area contributed by atoms with Gasteiger partial charge in [-0.3, -0.25) is 4.79 Å². The van der Waals surface area contributed by atoms with Gasteiger partial charge in [0.25, 0.3) is 5.91 Å². The van der Waals surface area contributed by atoms with E-state index >= 15 is 0 Å². The number of hydrogen-bond acceptors (Lipinski definition) is 8. The third-order valence-corrected chi connectivity index (χ3v) is 9.23. The SMILES string of the molecule is C=C(F)C(=O)N1CCN(c2nc(OCC3(CN(C)C)CC3)nc3c2CCN(c2cccc4cccc(Cl)c24)C3)C[C@@H]1CC#N. The van der Waals surface area contributed by atoms with Gasteiger partial charge in [-0.05, 0) is 50.9 Å². The minimum atomic E-state index is -1.02. The van der Waals surface area contributed by atoms with Gasteiger partial charge in [-0.15, -0.1) is 0 Å². The van der Waals surface area contributed by atoms with Gasteiger partial charge in [0, 0.05) is 54.8 Å². The molecule has 230 valence electrons. The highest BCUT2D eigenvalue weighted by Gasteiger charge is 2.44. The molecule has 0 N–H and O–H groups in total. The number of carbonyl (C=O) groups excluding carboxylic acids is 1. The zero-order chi connectivity index (χ0) is 31.0. The Balaban J connectivity index is 1.34. The van der Waals surface area contributed by atoms with Crippen molar-refractivity contribution >= 4 is 39.8 Å². The van der Waals surface area contributed by atoms with Gasteiger partial charge in [0.15, 0.2) is 5.83 Å². The fourth-order valence-electron chi connectivity index (χ4n) is 6.62. The van der Waals surface area contributed by atoms with Crippen LogP contribution in [-0.2, 0) is 17.8 Å². The van der Waals surface area contributed by atoms with E-state index in [-0.39, 0.29) is 18.4 Å². The van der Waals surface area contributed by atoms with E-state index < -0.39 is 17.8 Å². The lowest BCUT2D eigenvalue weighted by atomic mass is 10.0. The van der Waals surface area contributed by atoms with Gasteiger partial charge < -0.3 is 24.3 Å². The Kier molecular flexibility index (Phi) is 8.36. The monoisotopic (exact) mass is 617 g/mol. The molecule has 2 aliphatic heterocycles. The van der Waals surface area contributed by atoms with Crippen LogP contribution in [0.15, 0.2) is 48.8 Å². The van der Waals surface area contributed by atoms with Crippen molar-refractivity contribution in [3.63, 3.8) is 0 Å². The van der Waals surface area contributed by atoms with E-state index in [1.165, 1.54) is 4.90 Å². The number of fused-ring (bicyclic) bond motifs is 2. The molecule has 11 heteroatoms. The summed E-state index contributed by atoms with van der Waals surface area (Å²) < 4.78 is 20.2. The Labute approximate surface area is 262 Å². The average molecular weight is 618 g/mol. The maximum atomic E-state index is 13.8. The highest BCUT2D eigenvalue weighted by atomic mass is 35.5. The molecule has 2 aromatic carbocycles. The Morgan fingerprint density at radius 2 is 1.95 bits per heavy atom. The number of anilines is 2. The molecule has 0 bridgehead atoms. The molecular weight excluding hydrogens is 581 g/mol. The quantitative estimate of drug-likeness (QED) is 0.311. The number of carbonyl (C=O) groups is 1. The van der Waals surface area contributed by atoms with Gasteiger partial charge in [-0.2, -0.15) is 15.2 Å². The maximum Gasteiger partial charge on any atom is 0.318 e. The highest BCUT2D eigenvalue weighted by Crippen LogP contribution is 2.46. The van der Waals surface area contributed by atoms with Crippen molar-refractivity contribution in [2.75, 3.05) is 63.2 Å². The summed E-state index contributed by atoms with van der Waals surface area (Å²) in [6, 6.07) is 14.1. The van der Waals surface area contributed by atoms with Crippen LogP contribution in [0.1, 0.15) is 30.5 Å². The van der Waals surface area contributed by atoms with E-state index in [2.05, 4.69) is 59.6 Å². The van der Waals surface area contributed by atoms with Gasteiger partial charge in [-0.1, -0.05) is 42.4 Å². The van der Waals surface area contributed by atoms with Gasteiger partial charge >= 0.3 is 6.01 Å². The number of nitriles is 1. The minimum Gasteiger partial charge on any atom is -0.463 e. The number of amides is 1.